The normalized spacial score (nSPS) is 20.9. The first-order valence-electron chi connectivity index (χ1n) is 5.74. The molecule has 1 atom stereocenters. The minimum Gasteiger partial charge on any atom is -0.477 e. The molecule has 1 aliphatic heterocycles. The molecule has 0 unspecified atom stereocenters. The Labute approximate surface area is 94.5 Å². The summed E-state index contributed by atoms with van der Waals surface area (Å²) in [4.78, 5) is 11.0. The van der Waals surface area contributed by atoms with Crippen LogP contribution in [0.15, 0.2) is 6.07 Å². The number of rotatable bonds is 3. The van der Waals surface area contributed by atoms with Crippen LogP contribution in [-0.2, 0) is 6.54 Å². The molecular weight excluding hydrogens is 206 g/mol. The molecule has 0 bridgehead atoms. The van der Waals surface area contributed by atoms with Crippen LogP contribution >= 0.6 is 0 Å². The molecule has 2 heterocycles. The van der Waals surface area contributed by atoms with Gasteiger partial charge in [-0.3, -0.25) is 4.68 Å². The van der Waals surface area contributed by atoms with E-state index < -0.39 is 5.97 Å². The third-order valence-corrected chi connectivity index (χ3v) is 3.03. The quantitative estimate of drug-likeness (QED) is 0.804. The summed E-state index contributed by atoms with van der Waals surface area (Å²) in [5, 5.41) is 16.7. The van der Waals surface area contributed by atoms with E-state index in [0.29, 0.717) is 18.2 Å². The Morgan fingerprint density at radius 3 is 3.06 bits per heavy atom. The highest BCUT2D eigenvalue weighted by molar-refractivity contribution is 5.85. The van der Waals surface area contributed by atoms with E-state index >= 15 is 0 Å². The lowest BCUT2D eigenvalue weighted by Gasteiger charge is -2.20. The number of carbonyl (C=O) groups is 1. The Morgan fingerprint density at radius 2 is 2.56 bits per heavy atom. The molecule has 2 rings (SSSR count). The predicted octanol–water partition coefficient (Wildman–Crippen LogP) is 1.07. The SMILES string of the molecule is CCn1nc([C@H]2CCCNC2)cc1C(=O)O. The van der Waals surface area contributed by atoms with Crippen molar-refractivity contribution in [1.82, 2.24) is 15.1 Å². The molecule has 2 N–H and O–H groups in total. The van der Waals surface area contributed by atoms with Gasteiger partial charge in [0.2, 0.25) is 0 Å². The lowest BCUT2D eigenvalue weighted by molar-refractivity contribution is 0.0683. The van der Waals surface area contributed by atoms with Crippen molar-refractivity contribution in [2.45, 2.75) is 32.2 Å². The van der Waals surface area contributed by atoms with Crippen LogP contribution in [0.2, 0.25) is 0 Å². The summed E-state index contributed by atoms with van der Waals surface area (Å²) in [7, 11) is 0. The van der Waals surface area contributed by atoms with Crippen LogP contribution in [0.5, 0.6) is 0 Å². The predicted molar refractivity (Wildman–Crippen MR) is 59.7 cm³/mol. The third kappa shape index (κ3) is 2.09. The van der Waals surface area contributed by atoms with E-state index in [0.717, 1.165) is 31.6 Å². The molecule has 0 spiro atoms. The highest BCUT2D eigenvalue weighted by Crippen LogP contribution is 2.22. The van der Waals surface area contributed by atoms with Crippen LogP contribution in [0.3, 0.4) is 0 Å². The van der Waals surface area contributed by atoms with E-state index in [1.165, 1.54) is 0 Å². The average molecular weight is 223 g/mol. The Morgan fingerprint density at radius 1 is 1.75 bits per heavy atom. The lowest BCUT2D eigenvalue weighted by atomic mass is 9.96. The van der Waals surface area contributed by atoms with Gasteiger partial charge in [-0.15, -0.1) is 0 Å². The van der Waals surface area contributed by atoms with Gasteiger partial charge in [-0.05, 0) is 32.4 Å². The van der Waals surface area contributed by atoms with Crippen molar-refractivity contribution < 1.29 is 9.90 Å². The minimum absolute atomic E-state index is 0.295. The standard InChI is InChI=1S/C11H17N3O2/c1-2-14-10(11(15)16)6-9(13-14)8-4-3-5-12-7-8/h6,8,12H,2-5,7H2,1H3,(H,15,16)/t8-/m0/s1. The molecule has 0 amide bonds. The Bertz CT molecular complexity index is 381. The van der Waals surface area contributed by atoms with Gasteiger partial charge >= 0.3 is 5.97 Å². The number of aryl methyl sites for hydroxylation is 1. The van der Waals surface area contributed by atoms with E-state index in [9.17, 15) is 4.79 Å². The van der Waals surface area contributed by atoms with Crippen molar-refractivity contribution in [3.8, 4) is 0 Å². The van der Waals surface area contributed by atoms with E-state index in [1.807, 2.05) is 6.92 Å². The summed E-state index contributed by atoms with van der Waals surface area (Å²) in [5.74, 6) is -0.538. The number of aromatic carboxylic acids is 1. The molecule has 5 heteroatoms. The largest absolute Gasteiger partial charge is 0.477 e. The van der Waals surface area contributed by atoms with Crippen molar-refractivity contribution >= 4 is 5.97 Å². The highest BCUT2D eigenvalue weighted by Gasteiger charge is 2.21. The number of nitrogens with zero attached hydrogens (tertiary/aromatic N) is 2. The zero-order valence-corrected chi connectivity index (χ0v) is 9.44. The average Bonchev–Trinajstić information content (AvgIpc) is 2.74. The van der Waals surface area contributed by atoms with Gasteiger partial charge < -0.3 is 10.4 Å². The summed E-state index contributed by atoms with van der Waals surface area (Å²) >= 11 is 0. The number of carboxylic acid groups (broad SMARTS) is 1. The molecule has 88 valence electrons. The van der Waals surface area contributed by atoms with E-state index in [4.69, 9.17) is 5.11 Å². The monoisotopic (exact) mass is 223 g/mol. The molecule has 5 nitrogen and oxygen atoms in total. The summed E-state index contributed by atoms with van der Waals surface area (Å²) in [6, 6.07) is 1.71. The second kappa shape index (κ2) is 4.65. The van der Waals surface area contributed by atoms with Crippen LogP contribution in [-0.4, -0.2) is 33.9 Å². The molecule has 1 aliphatic rings. The van der Waals surface area contributed by atoms with E-state index in [2.05, 4.69) is 10.4 Å². The molecule has 0 aliphatic carbocycles. The van der Waals surface area contributed by atoms with Crippen molar-refractivity contribution in [2.24, 2.45) is 0 Å². The first-order valence-corrected chi connectivity index (χ1v) is 5.74. The second-order valence-corrected chi connectivity index (χ2v) is 4.12. The fourth-order valence-electron chi connectivity index (χ4n) is 2.15. The summed E-state index contributed by atoms with van der Waals surface area (Å²) in [5.41, 5.74) is 1.20. The van der Waals surface area contributed by atoms with Gasteiger partial charge in [-0.1, -0.05) is 0 Å². The van der Waals surface area contributed by atoms with Crippen LogP contribution in [0.4, 0.5) is 0 Å². The minimum atomic E-state index is -0.899. The number of aromatic nitrogens is 2. The number of hydrogen-bond donors (Lipinski definition) is 2. The molecule has 0 saturated carbocycles. The maximum atomic E-state index is 11.0. The Balaban J connectivity index is 2.24. The van der Waals surface area contributed by atoms with E-state index in [-0.39, 0.29) is 0 Å². The third-order valence-electron chi connectivity index (χ3n) is 3.03. The summed E-state index contributed by atoms with van der Waals surface area (Å²) in [6.07, 6.45) is 2.22. The fraction of sp³-hybridized carbons (Fsp3) is 0.636. The zero-order valence-electron chi connectivity index (χ0n) is 9.44. The number of piperidine rings is 1. The van der Waals surface area contributed by atoms with Gasteiger partial charge in [0.05, 0.1) is 5.69 Å². The highest BCUT2D eigenvalue weighted by atomic mass is 16.4. The van der Waals surface area contributed by atoms with Gasteiger partial charge in [0.25, 0.3) is 0 Å². The first-order chi connectivity index (χ1) is 7.72. The van der Waals surface area contributed by atoms with Gasteiger partial charge in [0.15, 0.2) is 0 Å². The topological polar surface area (TPSA) is 67.2 Å². The van der Waals surface area contributed by atoms with Crippen molar-refractivity contribution in [3.63, 3.8) is 0 Å². The molecule has 1 saturated heterocycles. The van der Waals surface area contributed by atoms with Crippen LogP contribution < -0.4 is 5.32 Å². The fourth-order valence-corrected chi connectivity index (χ4v) is 2.15. The molecule has 0 aromatic carbocycles. The van der Waals surface area contributed by atoms with Crippen molar-refractivity contribution in [3.05, 3.63) is 17.5 Å². The summed E-state index contributed by atoms with van der Waals surface area (Å²) < 4.78 is 1.56. The molecule has 1 aromatic rings. The van der Waals surface area contributed by atoms with Gasteiger partial charge in [-0.2, -0.15) is 5.10 Å². The van der Waals surface area contributed by atoms with Crippen LogP contribution in [0.25, 0.3) is 0 Å². The number of carboxylic acids is 1. The Hall–Kier alpha value is -1.36. The molecule has 0 radical (unpaired) electrons. The summed E-state index contributed by atoms with van der Waals surface area (Å²) in [6.45, 7) is 4.46. The molecule has 1 aromatic heterocycles. The zero-order chi connectivity index (χ0) is 11.5. The number of nitrogens with one attached hydrogen (secondary N) is 1. The van der Waals surface area contributed by atoms with Crippen molar-refractivity contribution in [2.75, 3.05) is 13.1 Å². The Kier molecular flexibility index (Phi) is 3.24. The molecule has 16 heavy (non-hydrogen) atoms. The molecular formula is C11H17N3O2. The number of hydrogen-bond acceptors (Lipinski definition) is 3. The second-order valence-electron chi connectivity index (χ2n) is 4.12. The maximum Gasteiger partial charge on any atom is 0.354 e. The molecule has 1 fully saturated rings. The van der Waals surface area contributed by atoms with Gasteiger partial charge in [0, 0.05) is 19.0 Å². The smallest absolute Gasteiger partial charge is 0.354 e. The van der Waals surface area contributed by atoms with Gasteiger partial charge in [-0.25, -0.2) is 4.79 Å². The van der Waals surface area contributed by atoms with Crippen LogP contribution in [0.1, 0.15) is 41.9 Å². The first kappa shape index (κ1) is 11.1. The maximum absolute atomic E-state index is 11.0. The van der Waals surface area contributed by atoms with Gasteiger partial charge in [0.1, 0.15) is 5.69 Å². The van der Waals surface area contributed by atoms with Crippen LogP contribution in [0, 0.1) is 0 Å². The van der Waals surface area contributed by atoms with Crippen molar-refractivity contribution in [1.29, 1.82) is 0 Å². The van der Waals surface area contributed by atoms with E-state index in [1.54, 1.807) is 10.7 Å². The lowest BCUT2D eigenvalue weighted by Crippen LogP contribution is -2.28.